The second-order valence-electron chi connectivity index (χ2n) is 7.77. The van der Waals surface area contributed by atoms with Crippen molar-refractivity contribution in [3.8, 4) is 5.75 Å². The highest BCUT2D eigenvalue weighted by Gasteiger charge is 2.40. The maximum absolute atomic E-state index is 6.44. The number of hydrogen-bond donors (Lipinski definition) is 0. The molecule has 6 rings (SSSR count). The summed E-state index contributed by atoms with van der Waals surface area (Å²) in [6, 6.07) is 31.9. The summed E-state index contributed by atoms with van der Waals surface area (Å²) in [4.78, 5) is 0. The SMILES string of the molecule is Brc1cccc([C@@H]2Oc3ccccc3[C@@H]3CC(c4ccc5ccccc5c4)=NN32)c1. The van der Waals surface area contributed by atoms with E-state index in [2.05, 4.69) is 93.7 Å². The Morgan fingerprint density at radius 3 is 2.57 bits per heavy atom. The number of halogens is 1. The zero-order valence-electron chi connectivity index (χ0n) is 16.2. The molecule has 0 aromatic heterocycles. The summed E-state index contributed by atoms with van der Waals surface area (Å²) in [6.07, 6.45) is 0.615. The third-order valence-electron chi connectivity index (χ3n) is 5.92. The molecule has 0 saturated carbocycles. The highest BCUT2D eigenvalue weighted by atomic mass is 79.9. The molecule has 0 aliphatic carbocycles. The first-order valence-corrected chi connectivity index (χ1v) is 10.9. The molecule has 0 radical (unpaired) electrons. The third-order valence-corrected chi connectivity index (χ3v) is 6.41. The molecular weight excluding hydrogens is 436 g/mol. The molecule has 2 aliphatic heterocycles. The smallest absolute Gasteiger partial charge is 0.213 e. The van der Waals surface area contributed by atoms with Gasteiger partial charge in [-0.25, -0.2) is 5.01 Å². The van der Waals surface area contributed by atoms with Gasteiger partial charge in [-0.2, -0.15) is 5.10 Å². The Morgan fingerprint density at radius 2 is 1.67 bits per heavy atom. The Bertz CT molecular complexity index is 1300. The lowest BCUT2D eigenvalue weighted by atomic mass is 9.95. The number of benzene rings is 4. The minimum atomic E-state index is -0.250. The van der Waals surface area contributed by atoms with E-state index in [1.807, 2.05) is 18.2 Å². The van der Waals surface area contributed by atoms with Crippen molar-refractivity contribution < 1.29 is 4.74 Å². The first kappa shape index (κ1) is 17.7. The van der Waals surface area contributed by atoms with Gasteiger partial charge in [-0.1, -0.05) is 82.7 Å². The Hall–Kier alpha value is -3.11. The predicted octanol–water partition coefficient (Wildman–Crippen LogP) is 6.84. The number of fused-ring (bicyclic) bond motifs is 4. The summed E-state index contributed by atoms with van der Waals surface area (Å²) >= 11 is 3.59. The molecule has 2 aliphatic rings. The quantitative estimate of drug-likeness (QED) is 0.331. The molecular formula is C26H19BrN2O. The van der Waals surface area contributed by atoms with Crippen LogP contribution >= 0.6 is 15.9 Å². The summed E-state index contributed by atoms with van der Waals surface area (Å²) in [5, 5.41) is 9.70. The minimum absolute atomic E-state index is 0.167. The molecule has 0 unspecified atom stereocenters. The van der Waals surface area contributed by atoms with Gasteiger partial charge in [0.1, 0.15) is 5.75 Å². The summed E-state index contributed by atoms with van der Waals surface area (Å²) in [5.74, 6) is 0.943. The number of hydrazone groups is 1. The van der Waals surface area contributed by atoms with Gasteiger partial charge in [0.15, 0.2) is 0 Å². The fraction of sp³-hybridized carbons (Fsp3) is 0.115. The average molecular weight is 455 g/mol. The van der Waals surface area contributed by atoms with Crippen molar-refractivity contribution in [2.24, 2.45) is 5.10 Å². The van der Waals surface area contributed by atoms with Crippen LogP contribution in [0.1, 0.15) is 35.4 Å². The van der Waals surface area contributed by atoms with E-state index in [1.54, 1.807) is 0 Å². The van der Waals surface area contributed by atoms with Crippen LogP contribution in [0.15, 0.2) is 101 Å². The zero-order chi connectivity index (χ0) is 20.1. The van der Waals surface area contributed by atoms with Gasteiger partial charge in [0, 0.05) is 22.0 Å². The molecule has 30 heavy (non-hydrogen) atoms. The third kappa shape index (κ3) is 2.91. The van der Waals surface area contributed by atoms with Gasteiger partial charge >= 0.3 is 0 Å². The first-order chi connectivity index (χ1) is 14.8. The Kier molecular flexibility index (Phi) is 4.13. The summed E-state index contributed by atoms with van der Waals surface area (Å²) < 4.78 is 7.48. The van der Waals surface area contributed by atoms with Crippen LogP contribution < -0.4 is 4.74 Å². The predicted molar refractivity (Wildman–Crippen MR) is 124 cm³/mol. The highest BCUT2D eigenvalue weighted by molar-refractivity contribution is 9.10. The van der Waals surface area contributed by atoms with Crippen LogP contribution in [0, 0.1) is 0 Å². The van der Waals surface area contributed by atoms with Crippen LogP contribution in [0.5, 0.6) is 5.75 Å². The number of rotatable bonds is 2. The Balaban J connectivity index is 1.45. The van der Waals surface area contributed by atoms with Crippen LogP contribution in [0.25, 0.3) is 10.8 Å². The van der Waals surface area contributed by atoms with Gasteiger partial charge in [-0.15, -0.1) is 0 Å². The van der Waals surface area contributed by atoms with Crippen molar-refractivity contribution in [3.63, 3.8) is 0 Å². The number of para-hydroxylation sites is 1. The van der Waals surface area contributed by atoms with Gasteiger partial charge in [-0.05, 0) is 40.6 Å². The largest absolute Gasteiger partial charge is 0.464 e. The molecule has 0 fully saturated rings. The highest BCUT2D eigenvalue weighted by Crippen LogP contribution is 2.47. The minimum Gasteiger partial charge on any atom is -0.464 e. The lowest BCUT2D eigenvalue weighted by Crippen LogP contribution is -2.33. The van der Waals surface area contributed by atoms with E-state index in [0.717, 1.165) is 27.9 Å². The first-order valence-electron chi connectivity index (χ1n) is 10.1. The molecule has 2 heterocycles. The molecule has 4 aromatic carbocycles. The Labute approximate surface area is 183 Å². The lowest BCUT2D eigenvalue weighted by molar-refractivity contribution is -0.0190. The summed E-state index contributed by atoms with van der Waals surface area (Å²) in [7, 11) is 0. The average Bonchev–Trinajstić information content (AvgIpc) is 3.24. The van der Waals surface area contributed by atoms with Crippen LogP contribution in [-0.4, -0.2) is 10.7 Å². The van der Waals surface area contributed by atoms with Crippen molar-refractivity contribution in [2.75, 3.05) is 0 Å². The molecule has 0 spiro atoms. The van der Waals surface area contributed by atoms with E-state index >= 15 is 0 Å². The lowest BCUT2D eigenvalue weighted by Gasteiger charge is -2.38. The maximum Gasteiger partial charge on any atom is 0.213 e. The van der Waals surface area contributed by atoms with Crippen LogP contribution in [0.2, 0.25) is 0 Å². The fourth-order valence-corrected chi connectivity index (χ4v) is 4.87. The van der Waals surface area contributed by atoms with Crippen molar-refractivity contribution in [1.29, 1.82) is 0 Å². The monoisotopic (exact) mass is 454 g/mol. The number of nitrogens with zero attached hydrogens (tertiary/aromatic N) is 2. The van der Waals surface area contributed by atoms with E-state index in [0.29, 0.717) is 0 Å². The van der Waals surface area contributed by atoms with E-state index in [-0.39, 0.29) is 12.3 Å². The van der Waals surface area contributed by atoms with E-state index in [4.69, 9.17) is 9.84 Å². The molecule has 146 valence electrons. The molecule has 0 saturated heterocycles. The van der Waals surface area contributed by atoms with E-state index < -0.39 is 0 Å². The van der Waals surface area contributed by atoms with Crippen molar-refractivity contribution in [3.05, 3.63) is 112 Å². The van der Waals surface area contributed by atoms with Crippen molar-refractivity contribution in [2.45, 2.75) is 18.7 Å². The molecule has 0 N–H and O–H groups in total. The molecule has 2 atom stereocenters. The second kappa shape index (κ2) is 6.99. The second-order valence-corrected chi connectivity index (χ2v) is 8.69. The molecule has 0 amide bonds. The van der Waals surface area contributed by atoms with E-state index in [1.165, 1.54) is 21.9 Å². The van der Waals surface area contributed by atoms with Gasteiger partial charge in [0.05, 0.1) is 11.8 Å². The fourth-order valence-electron chi connectivity index (χ4n) is 4.46. The van der Waals surface area contributed by atoms with Gasteiger partial charge in [0.25, 0.3) is 0 Å². The Morgan fingerprint density at radius 1 is 0.833 bits per heavy atom. The van der Waals surface area contributed by atoms with Crippen LogP contribution in [0.3, 0.4) is 0 Å². The van der Waals surface area contributed by atoms with E-state index in [9.17, 15) is 0 Å². The molecule has 4 aromatic rings. The number of hydrogen-bond acceptors (Lipinski definition) is 3. The summed E-state index contributed by atoms with van der Waals surface area (Å²) in [6.45, 7) is 0. The van der Waals surface area contributed by atoms with Crippen LogP contribution in [0.4, 0.5) is 0 Å². The molecule has 0 bridgehead atoms. The van der Waals surface area contributed by atoms with Gasteiger partial charge < -0.3 is 4.74 Å². The normalized spacial score (nSPS) is 19.8. The van der Waals surface area contributed by atoms with Crippen molar-refractivity contribution >= 4 is 32.4 Å². The van der Waals surface area contributed by atoms with Crippen LogP contribution in [-0.2, 0) is 0 Å². The van der Waals surface area contributed by atoms with Crippen molar-refractivity contribution in [1.82, 2.24) is 5.01 Å². The summed E-state index contributed by atoms with van der Waals surface area (Å²) in [5.41, 5.74) is 4.57. The number of ether oxygens (including phenoxy) is 1. The maximum atomic E-state index is 6.44. The standard InChI is InChI=1S/C26H19BrN2O/c27-21-9-5-8-20(15-21)26-29-24(22-10-3-4-11-25(22)30-26)16-23(28-29)19-13-12-17-6-1-2-7-18(17)14-19/h1-15,24,26H,16H2/t24-,26-/m0/s1. The molecule has 4 heteroatoms. The van der Waals surface area contributed by atoms with Gasteiger partial charge in [-0.3, -0.25) is 0 Å². The van der Waals surface area contributed by atoms with Gasteiger partial charge in [0.2, 0.25) is 6.23 Å². The topological polar surface area (TPSA) is 24.8 Å². The molecule has 3 nitrogen and oxygen atoms in total. The zero-order valence-corrected chi connectivity index (χ0v) is 17.8.